The van der Waals surface area contributed by atoms with E-state index in [1.165, 1.54) is 7.11 Å². The molecule has 0 amide bonds. The summed E-state index contributed by atoms with van der Waals surface area (Å²) in [6.45, 7) is 3.85. The normalized spacial score (nSPS) is 10.2. The summed E-state index contributed by atoms with van der Waals surface area (Å²) >= 11 is 0. The molecule has 108 valence electrons. The molecule has 0 saturated carbocycles. The Bertz CT molecular complexity index is 556. The second kappa shape index (κ2) is 7.45. The van der Waals surface area contributed by atoms with Gasteiger partial charge < -0.3 is 9.16 Å². The third kappa shape index (κ3) is 4.32. The molecule has 2 aromatic carbocycles. The molecule has 0 atom stereocenters. The first-order chi connectivity index (χ1) is 10.2. The minimum Gasteiger partial charge on any atom is -0.541 e. The van der Waals surface area contributed by atoms with E-state index in [4.69, 9.17) is 4.43 Å². The Kier molecular flexibility index (Phi) is 5.34. The Hall–Kier alpha value is -2.33. The van der Waals surface area contributed by atoms with Crippen LogP contribution in [-0.2, 0) is 14.0 Å². The molecule has 0 aliphatic carbocycles. The molecule has 0 N–H and O–H groups in total. The van der Waals surface area contributed by atoms with Gasteiger partial charge in [0.2, 0.25) is 0 Å². The van der Waals surface area contributed by atoms with Crippen LogP contribution >= 0.6 is 0 Å². The fourth-order valence-electron chi connectivity index (χ4n) is 2.03. The van der Waals surface area contributed by atoms with Crippen LogP contribution in [0.5, 0.6) is 0 Å². The largest absolute Gasteiger partial charge is 0.541 e. The van der Waals surface area contributed by atoms with E-state index in [1.807, 2.05) is 36.4 Å². The topological polar surface area (TPSA) is 35.5 Å². The number of ether oxygens (including phenoxy) is 1. The number of carbonyl (C=O) groups is 1. The van der Waals surface area contributed by atoms with Crippen molar-refractivity contribution in [2.45, 2.75) is 6.42 Å². The maximum atomic E-state index is 11.3. The van der Waals surface area contributed by atoms with E-state index in [-0.39, 0.29) is 12.4 Å². The van der Waals surface area contributed by atoms with Crippen molar-refractivity contribution in [1.82, 2.24) is 0 Å². The van der Waals surface area contributed by atoms with E-state index >= 15 is 0 Å². The molecular weight excluding hydrogens is 280 g/mol. The van der Waals surface area contributed by atoms with Crippen LogP contribution in [-0.4, -0.2) is 22.1 Å². The summed E-state index contributed by atoms with van der Waals surface area (Å²) in [6.07, 6.45) is 0.0830. The van der Waals surface area contributed by atoms with Gasteiger partial charge in [-0.1, -0.05) is 67.2 Å². The Balaban J connectivity index is 2.21. The molecule has 0 radical (unpaired) electrons. The summed E-state index contributed by atoms with van der Waals surface area (Å²) in [7, 11) is -0.525. The fourth-order valence-corrected chi connectivity index (χ4v) is 4.24. The standard InChI is InChI=1S/C17H18O3Si/c1-14(13-17(18)19-2)20-21(15-9-5-3-6-10-15)16-11-7-4-8-12-16/h3-12,21H,1,13H2,2H3. The predicted molar refractivity (Wildman–Crippen MR) is 86.2 cm³/mol. The van der Waals surface area contributed by atoms with Crippen LogP contribution in [0.2, 0.25) is 0 Å². The van der Waals surface area contributed by atoms with Crippen LogP contribution < -0.4 is 10.4 Å². The van der Waals surface area contributed by atoms with Crippen molar-refractivity contribution >= 4 is 25.4 Å². The zero-order valence-corrected chi connectivity index (χ0v) is 13.1. The lowest BCUT2D eigenvalue weighted by atomic mass is 10.4. The summed E-state index contributed by atoms with van der Waals surface area (Å²) in [5, 5.41) is 2.30. The summed E-state index contributed by atoms with van der Waals surface area (Å²) in [4.78, 5) is 11.3. The van der Waals surface area contributed by atoms with Crippen LogP contribution in [0.3, 0.4) is 0 Å². The van der Waals surface area contributed by atoms with E-state index in [2.05, 4.69) is 35.6 Å². The van der Waals surface area contributed by atoms with Gasteiger partial charge in [-0.2, -0.15) is 0 Å². The van der Waals surface area contributed by atoms with Gasteiger partial charge in [0.1, 0.15) is 6.42 Å². The molecule has 2 aromatic rings. The van der Waals surface area contributed by atoms with Crippen molar-refractivity contribution in [2.24, 2.45) is 0 Å². The fraction of sp³-hybridized carbons (Fsp3) is 0.118. The highest BCUT2D eigenvalue weighted by Crippen LogP contribution is 2.05. The van der Waals surface area contributed by atoms with Gasteiger partial charge in [0, 0.05) is 0 Å². The van der Waals surface area contributed by atoms with Crippen molar-refractivity contribution in [3.8, 4) is 0 Å². The van der Waals surface area contributed by atoms with Gasteiger partial charge in [-0.05, 0) is 10.4 Å². The highest BCUT2D eigenvalue weighted by molar-refractivity contribution is 6.80. The number of methoxy groups -OCH3 is 1. The first kappa shape index (κ1) is 15.1. The average Bonchev–Trinajstić information content (AvgIpc) is 2.54. The van der Waals surface area contributed by atoms with Crippen molar-refractivity contribution in [3.05, 3.63) is 73.0 Å². The van der Waals surface area contributed by atoms with E-state index < -0.39 is 9.04 Å². The minimum absolute atomic E-state index is 0.0830. The van der Waals surface area contributed by atoms with Gasteiger partial charge in [0.25, 0.3) is 9.04 Å². The highest BCUT2D eigenvalue weighted by Gasteiger charge is 2.20. The molecule has 0 saturated heterocycles. The third-order valence-corrected chi connectivity index (χ3v) is 5.61. The van der Waals surface area contributed by atoms with E-state index in [9.17, 15) is 4.79 Å². The number of esters is 1. The number of rotatable bonds is 6. The van der Waals surface area contributed by atoms with Gasteiger partial charge in [0.15, 0.2) is 0 Å². The van der Waals surface area contributed by atoms with Crippen LogP contribution in [0.4, 0.5) is 0 Å². The maximum absolute atomic E-state index is 11.3. The van der Waals surface area contributed by atoms with Gasteiger partial charge in [-0.15, -0.1) is 0 Å². The number of hydrogen-bond acceptors (Lipinski definition) is 3. The van der Waals surface area contributed by atoms with E-state index in [0.29, 0.717) is 5.76 Å². The molecule has 0 heterocycles. The second-order valence-electron chi connectivity index (χ2n) is 4.61. The van der Waals surface area contributed by atoms with E-state index in [0.717, 1.165) is 10.4 Å². The summed E-state index contributed by atoms with van der Waals surface area (Å²) in [5.74, 6) is 0.111. The minimum atomic E-state index is -1.89. The van der Waals surface area contributed by atoms with Crippen LogP contribution in [0.1, 0.15) is 6.42 Å². The van der Waals surface area contributed by atoms with Crippen LogP contribution in [0.25, 0.3) is 0 Å². The lowest BCUT2D eigenvalue weighted by Gasteiger charge is -2.19. The highest BCUT2D eigenvalue weighted by atomic mass is 28.3. The molecule has 0 unspecified atom stereocenters. The number of benzene rings is 2. The Labute approximate surface area is 126 Å². The molecule has 0 bridgehead atoms. The molecule has 0 spiro atoms. The molecular formula is C17H18O3Si. The SMILES string of the molecule is C=C(CC(=O)OC)O[SiH](c1ccccc1)c1ccccc1. The average molecular weight is 298 g/mol. The molecule has 21 heavy (non-hydrogen) atoms. The summed E-state index contributed by atoms with van der Waals surface area (Å²) in [5.41, 5.74) is 0. The third-order valence-electron chi connectivity index (χ3n) is 3.06. The monoisotopic (exact) mass is 298 g/mol. The Morgan fingerprint density at radius 3 is 1.90 bits per heavy atom. The molecule has 4 heteroatoms. The molecule has 3 nitrogen and oxygen atoms in total. The predicted octanol–water partition coefficient (Wildman–Crippen LogP) is 1.62. The first-order valence-corrected chi connectivity index (χ1v) is 8.34. The van der Waals surface area contributed by atoms with Gasteiger partial charge >= 0.3 is 5.97 Å². The number of carbonyl (C=O) groups excluding carboxylic acids is 1. The molecule has 2 rings (SSSR count). The zero-order valence-electron chi connectivity index (χ0n) is 12.0. The quantitative estimate of drug-likeness (QED) is 0.462. The van der Waals surface area contributed by atoms with Crippen molar-refractivity contribution in [1.29, 1.82) is 0 Å². The maximum Gasteiger partial charge on any atom is 0.313 e. The first-order valence-electron chi connectivity index (χ1n) is 6.72. The Morgan fingerprint density at radius 2 is 1.48 bits per heavy atom. The van der Waals surface area contributed by atoms with Crippen molar-refractivity contribution < 1.29 is 14.0 Å². The molecule has 0 fully saturated rings. The Morgan fingerprint density at radius 1 is 1.00 bits per heavy atom. The van der Waals surface area contributed by atoms with Gasteiger partial charge in [-0.25, -0.2) is 0 Å². The smallest absolute Gasteiger partial charge is 0.313 e. The molecule has 0 aromatic heterocycles. The van der Waals surface area contributed by atoms with Crippen LogP contribution in [0, 0.1) is 0 Å². The second-order valence-corrected chi connectivity index (χ2v) is 6.94. The van der Waals surface area contributed by atoms with Gasteiger partial charge in [-0.3, -0.25) is 4.79 Å². The van der Waals surface area contributed by atoms with Crippen molar-refractivity contribution in [2.75, 3.05) is 7.11 Å². The van der Waals surface area contributed by atoms with E-state index in [1.54, 1.807) is 0 Å². The zero-order chi connectivity index (χ0) is 15.1. The molecule has 0 aliphatic rings. The van der Waals surface area contributed by atoms with Gasteiger partial charge in [0.05, 0.1) is 12.9 Å². The summed E-state index contributed by atoms with van der Waals surface area (Å²) in [6, 6.07) is 20.1. The number of hydrogen-bond donors (Lipinski definition) is 0. The van der Waals surface area contributed by atoms with Crippen LogP contribution in [0.15, 0.2) is 73.0 Å². The molecule has 0 aliphatic heterocycles. The lowest BCUT2D eigenvalue weighted by Crippen LogP contribution is -2.44. The lowest BCUT2D eigenvalue weighted by molar-refractivity contribution is -0.140. The summed E-state index contributed by atoms with van der Waals surface area (Å²) < 4.78 is 10.7. The van der Waals surface area contributed by atoms with Crippen molar-refractivity contribution in [3.63, 3.8) is 0 Å².